The molecule has 6 heteroatoms. The first kappa shape index (κ1) is 14.9. The maximum atomic E-state index is 6.11. The van der Waals surface area contributed by atoms with Gasteiger partial charge in [-0.25, -0.2) is 0 Å². The van der Waals surface area contributed by atoms with Gasteiger partial charge in [0.2, 0.25) is 0 Å². The number of nitrogens with zero attached hydrogens (tertiary/aromatic N) is 2. The van der Waals surface area contributed by atoms with E-state index in [2.05, 4.69) is 45.7 Å². The van der Waals surface area contributed by atoms with Crippen molar-refractivity contribution in [1.29, 1.82) is 0 Å². The Labute approximate surface area is 141 Å². The molecule has 110 valence electrons. The van der Waals surface area contributed by atoms with E-state index in [4.69, 9.17) is 17.3 Å². The van der Waals surface area contributed by atoms with Gasteiger partial charge in [-0.2, -0.15) is 0 Å². The highest BCUT2D eigenvalue weighted by atomic mass is 79.9. The van der Waals surface area contributed by atoms with Gasteiger partial charge in [0, 0.05) is 19.9 Å². The quantitative estimate of drug-likeness (QED) is 0.818. The molecule has 1 atom stereocenters. The van der Waals surface area contributed by atoms with Crippen LogP contribution in [0.25, 0.3) is 0 Å². The van der Waals surface area contributed by atoms with Crippen molar-refractivity contribution in [3.05, 3.63) is 49.1 Å². The third kappa shape index (κ3) is 2.70. The van der Waals surface area contributed by atoms with E-state index in [0.29, 0.717) is 17.5 Å². The monoisotopic (exact) mass is 383 g/mol. The van der Waals surface area contributed by atoms with E-state index in [1.807, 2.05) is 29.5 Å². The number of hydrogen-bond acceptors (Lipinski definition) is 4. The molecule has 0 aliphatic carbocycles. The molecule has 2 aromatic rings. The molecule has 1 aliphatic rings. The van der Waals surface area contributed by atoms with Crippen LogP contribution in [0.5, 0.6) is 0 Å². The third-order valence-corrected chi connectivity index (χ3v) is 5.80. The van der Waals surface area contributed by atoms with Crippen molar-refractivity contribution in [1.82, 2.24) is 0 Å². The van der Waals surface area contributed by atoms with Crippen molar-refractivity contribution in [2.75, 3.05) is 11.4 Å². The molecular weight excluding hydrogens is 370 g/mol. The summed E-state index contributed by atoms with van der Waals surface area (Å²) in [6.07, 6.45) is 0. The third-order valence-electron chi connectivity index (χ3n) is 3.60. The molecule has 0 fully saturated rings. The Balaban J connectivity index is 2.03. The van der Waals surface area contributed by atoms with Crippen LogP contribution >= 0.6 is 38.9 Å². The Kier molecular flexibility index (Phi) is 3.99. The molecule has 2 heterocycles. The fourth-order valence-corrected chi connectivity index (χ4v) is 4.13. The summed E-state index contributed by atoms with van der Waals surface area (Å²) in [6, 6.07) is 8.22. The lowest BCUT2D eigenvalue weighted by Crippen LogP contribution is -2.36. The Morgan fingerprint density at radius 2 is 2.14 bits per heavy atom. The number of aryl methyl sites for hydroxylation is 2. The maximum absolute atomic E-state index is 6.11. The SMILES string of the molecule is Cc1cc(C2CN=C(N)N2c2ccc(Cl)c(Br)c2)c(C)s1. The van der Waals surface area contributed by atoms with Gasteiger partial charge in [-0.3, -0.25) is 4.99 Å². The predicted octanol–water partition coefficient (Wildman–Crippen LogP) is 4.66. The number of aliphatic imine (C=N–C) groups is 1. The first-order valence-corrected chi connectivity index (χ1v) is 8.57. The summed E-state index contributed by atoms with van der Waals surface area (Å²) in [7, 11) is 0. The molecule has 21 heavy (non-hydrogen) atoms. The number of thiophene rings is 1. The van der Waals surface area contributed by atoms with Crippen molar-refractivity contribution in [2.24, 2.45) is 10.7 Å². The van der Waals surface area contributed by atoms with Crippen molar-refractivity contribution >= 4 is 50.5 Å². The van der Waals surface area contributed by atoms with E-state index >= 15 is 0 Å². The predicted molar refractivity (Wildman–Crippen MR) is 94.7 cm³/mol. The van der Waals surface area contributed by atoms with Crippen LogP contribution in [0.15, 0.2) is 33.7 Å². The minimum Gasteiger partial charge on any atom is -0.369 e. The average Bonchev–Trinajstić information content (AvgIpc) is 2.95. The molecule has 0 saturated heterocycles. The lowest BCUT2D eigenvalue weighted by atomic mass is 10.1. The summed E-state index contributed by atoms with van der Waals surface area (Å²) in [5.41, 5.74) is 8.41. The van der Waals surface area contributed by atoms with E-state index in [9.17, 15) is 0 Å². The first-order valence-electron chi connectivity index (χ1n) is 6.58. The second-order valence-corrected chi connectivity index (χ2v) is 7.77. The lowest BCUT2D eigenvalue weighted by Gasteiger charge is -2.27. The van der Waals surface area contributed by atoms with Crippen LogP contribution in [-0.2, 0) is 0 Å². The number of benzene rings is 1. The number of halogens is 2. The number of guanidine groups is 1. The highest BCUT2D eigenvalue weighted by Gasteiger charge is 2.30. The number of anilines is 1. The standard InChI is InChI=1S/C15H15BrClN3S/c1-8-5-11(9(2)21-8)14-7-19-15(18)20(14)10-3-4-13(17)12(16)6-10/h3-6,14H,7H2,1-2H3,(H2,18,19). The van der Waals surface area contributed by atoms with Crippen LogP contribution in [0, 0.1) is 13.8 Å². The smallest absolute Gasteiger partial charge is 0.196 e. The summed E-state index contributed by atoms with van der Waals surface area (Å²) < 4.78 is 0.860. The zero-order valence-corrected chi connectivity index (χ0v) is 14.9. The van der Waals surface area contributed by atoms with Crippen LogP contribution < -0.4 is 10.6 Å². The lowest BCUT2D eigenvalue weighted by molar-refractivity contribution is 0.767. The maximum Gasteiger partial charge on any atom is 0.196 e. The van der Waals surface area contributed by atoms with Gasteiger partial charge in [-0.1, -0.05) is 11.6 Å². The number of rotatable bonds is 2. The minimum atomic E-state index is 0.156. The van der Waals surface area contributed by atoms with Gasteiger partial charge in [-0.15, -0.1) is 11.3 Å². The fraction of sp³-hybridized carbons (Fsp3) is 0.267. The van der Waals surface area contributed by atoms with E-state index in [0.717, 1.165) is 10.2 Å². The summed E-state index contributed by atoms with van der Waals surface area (Å²) >= 11 is 11.4. The average molecular weight is 385 g/mol. The zero-order chi connectivity index (χ0) is 15.1. The van der Waals surface area contributed by atoms with Crippen molar-refractivity contribution in [2.45, 2.75) is 19.9 Å². The van der Waals surface area contributed by atoms with Crippen LogP contribution in [-0.4, -0.2) is 12.5 Å². The molecule has 1 unspecified atom stereocenters. The van der Waals surface area contributed by atoms with Gasteiger partial charge >= 0.3 is 0 Å². The largest absolute Gasteiger partial charge is 0.369 e. The summed E-state index contributed by atoms with van der Waals surface area (Å²) in [5.74, 6) is 0.553. The van der Waals surface area contributed by atoms with Gasteiger partial charge in [0.15, 0.2) is 5.96 Å². The molecule has 0 spiro atoms. The Morgan fingerprint density at radius 1 is 1.38 bits per heavy atom. The van der Waals surface area contributed by atoms with Crippen LogP contribution in [0.2, 0.25) is 5.02 Å². The first-order chi connectivity index (χ1) is 9.97. The highest BCUT2D eigenvalue weighted by Crippen LogP contribution is 2.37. The summed E-state index contributed by atoms with van der Waals surface area (Å²) in [5, 5.41) is 0.688. The zero-order valence-electron chi connectivity index (χ0n) is 11.7. The van der Waals surface area contributed by atoms with E-state index in [-0.39, 0.29) is 6.04 Å². The number of nitrogens with two attached hydrogens (primary N) is 1. The topological polar surface area (TPSA) is 41.6 Å². The van der Waals surface area contributed by atoms with Gasteiger partial charge in [0.05, 0.1) is 17.6 Å². The second kappa shape index (κ2) is 5.63. The van der Waals surface area contributed by atoms with E-state index < -0.39 is 0 Å². The van der Waals surface area contributed by atoms with Gasteiger partial charge < -0.3 is 10.6 Å². The molecule has 0 radical (unpaired) electrons. The second-order valence-electron chi connectivity index (χ2n) is 5.05. The summed E-state index contributed by atoms with van der Waals surface area (Å²) in [4.78, 5) is 9.14. The van der Waals surface area contributed by atoms with E-state index in [1.165, 1.54) is 15.3 Å². The Hall–Kier alpha value is -1.04. The van der Waals surface area contributed by atoms with Crippen LogP contribution in [0.1, 0.15) is 21.4 Å². The van der Waals surface area contributed by atoms with Crippen LogP contribution in [0.3, 0.4) is 0 Å². The fourth-order valence-electron chi connectivity index (χ4n) is 2.66. The van der Waals surface area contributed by atoms with Gasteiger partial charge in [0.1, 0.15) is 0 Å². The van der Waals surface area contributed by atoms with Crippen molar-refractivity contribution in [3.8, 4) is 0 Å². The van der Waals surface area contributed by atoms with Gasteiger partial charge in [0.25, 0.3) is 0 Å². The molecular formula is C15H15BrClN3S. The minimum absolute atomic E-state index is 0.156. The molecule has 1 aromatic heterocycles. The molecule has 0 bridgehead atoms. The molecule has 3 nitrogen and oxygen atoms in total. The highest BCUT2D eigenvalue weighted by molar-refractivity contribution is 9.10. The summed E-state index contributed by atoms with van der Waals surface area (Å²) in [6.45, 7) is 4.96. The Bertz CT molecular complexity index is 726. The molecule has 0 saturated carbocycles. The number of hydrogen-bond donors (Lipinski definition) is 1. The van der Waals surface area contributed by atoms with Crippen molar-refractivity contribution in [3.63, 3.8) is 0 Å². The normalized spacial score (nSPS) is 18.2. The van der Waals surface area contributed by atoms with Gasteiger partial charge in [-0.05, 0) is 59.6 Å². The van der Waals surface area contributed by atoms with Crippen molar-refractivity contribution < 1.29 is 0 Å². The molecule has 1 aromatic carbocycles. The molecule has 2 N–H and O–H groups in total. The molecule has 3 rings (SSSR count). The van der Waals surface area contributed by atoms with Crippen LogP contribution in [0.4, 0.5) is 5.69 Å². The Morgan fingerprint density at radius 3 is 2.76 bits per heavy atom. The van der Waals surface area contributed by atoms with E-state index in [1.54, 1.807) is 0 Å². The molecule has 1 aliphatic heterocycles. The molecule has 0 amide bonds.